The van der Waals surface area contributed by atoms with E-state index in [1.807, 2.05) is 6.07 Å². The average molecular weight is 539 g/mol. The summed E-state index contributed by atoms with van der Waals surface area (Å²) in [5.41, 5.74) is 2.42. The Morgan fingerprint density at radius 1 is 1.22 bits per heavy atom. The van der Waals surface area contributed by atoms with Gasteiger partial charge in [0.15, 0.2) is 11.6 Å². The molecule has 0 saturated heterocycles. The normalized spacial score (nSPS) is 11.9. The number of carbonyl (C=O) groups is 1. The molecule has 3 heterocycles. The average Bonchev–Trinajstić information content (AvgIpc) is 3.29. The topological polar surface area (TPSA) is 95.5 Å². The number of methoxy groups -OCH3 is 1. The van der Waals surface area contributed by atoms with E-state index >= 15 is 0 Å². The molecule has 1 atom stereocenters. The second-order valence-electron chi connectivity index (χ2n) is 8.06. The molecule has 0 bridgehead atoms. The van der Waals surface area contributed by atoms with Crippen LogP contribution in [0.15, 0.2) is 61.1 Å². The van der Waals surface area contributed by atoms with E-state index in [1.165, 1.54) is 23.6 Å². The molecule has 8 nitrogen and oxygen atoms in total. The van der Waals surface area contributed by atoms with Gasteiger partial charge in [-0.25, -0.2) is 14.2 Å². The lowest BCUT2D eigenvalue weighted by molar-refractivity contribution is 0.0969. The van der Waals surface area contributed by atoms with Gasteiger partial charge in [-0.05, 0) is 37.3 Å². The maximum absolute atomic E-state index is 14.8. The quantitative estimate of drug-likeness (QED) is 0.245. The first-order chi connectivity index (χ1) is 17.9. The van der Waals surface area contributed by atoms with E-state index in [9.17, 15) is 9.18 Å². The lowest BCUT2D eigenvalue weighted by atomic mass is 10.1. The fraction of sp³-hybridized carbons (Fsp3) is 0.154. The maximum Gasteiger partial charge on any atom is 0.411 e. The van der Waals surface area contributed by atoms with Gasteiger partial charge in [0.25, 0.3) is 0 Å². The Balaban J connectivity index is 1.34. The maximum atomic E-state index is 14.8. The van der Waals surface area contributed by atoms with Crippen LogP contribution in [0, 0.1) is 5.82 Å². The van der Waals surface area contributed by atoms with Crippen LogP contribution in [0.1, 0.15) is 6.92 Å². The van der Waals surface area contributed by atoms with Crippen LogP contribution in [0.5, 0.6) is 11.5 Å². The SMILES string of the molecule is COc1cnc2c(-c3nc4cc(F)c(O[C@@H](C)COC(=O)Nc5cccnc5)cc4s3)cc(Cl)cc2c1. The highest BCUT2D eigenvalue weighted by atomic mass is 35.5. The summed E-state index contributed by atoms with van der Waals surface area (Å²) in [5.74, 6) is 0.0710. The van der Waals surface area contributed by atoms with Crippen molar-refractivity contribution < 1.29 is 23.4 Å². The number of thiazole rings is 1. The van der Waals surface area contributed by atoms with Gasteiger partial charge in [0, 0.05) is 34.3 Å². The number of nitrogens with zero attached hydrogens (tertiary/aromatic N) is 3. The molecule has 1 amide bonds. The molecular weight excluding hydrogens is 519 g/mol. The summed E-state index contributed by atoms with van der Waals surface area (Å²) in [7, 11) is 1.57. The molecule has 0 radical (unpaired) electrons. The van der Waals surface area contributed by atoms with Crippen molar-refractivity contribution in [3.8, 4) is 22.1 Å². The zero-order chi connectivity index (χ0) is 25.9. The highest BCUT2D eigenvalue weighted by Crippen LogP contribution is 2.38. The van der Waals surface area contributed by atoms with Gasteiger partial charge in [0.2, 0.25) is 0 Å². The van der Waals surface area contributed by atoms with Gasteiger partial charge in [0.1, 0.15) is 23.5 Å². The van der Waals surface area contributed by atoms with E-state index in [0.29, 0.717) is 32.5 Å². The van der Waals surface area contributed by atoms with Crippen LogP contribution in [0.25, 0.3) is 31.7 Å². The third-order valence-corrected chi connectivity index (χ3v) is 6.59. The Morgan fingerprint density at radius 3 is 2.86 bits per heavy atom. The second-order valence-corrected chi connectivity index (χ2v) is 9.53. The zero-order valence-corrected chi connectivity index (χ0v) is 21.3. The molecule has 0 aliphatic heterocycles. The Kier molecular flexibility index (Phi) is 7.02. The first-order valence-corrected chi connectivity index (χ1v) is 12.3. The number of hydrogen-bond acceptors (Lipinski definition) is 8. The monoisotopic (exact) mass is 538 g/mol. The number of carbonyl (C=O) groups excluding carboxylic acids is 1. The summed E-state index contributed by atoms with van der Waals surface area (Å²) in [6, 6.07) is 11.7. The Morgan fingerprint density at radius 2 is 2.08 bits per heavy atom. The number of pyridine rings is 2. The van der Waals surface area contributed by atoms with Crippen LogP contribution in [0.4, 0.5) is 14.9 Å². The minimum atomic E-state index is -0.661. The number of anilines is 1. The third-order valence-electron chi connectivity index (χ3n) is 5.32. The Labute approximate surface area is 220 Å². The molecule has 5 aromatic rings. The number of amides is 1. The molecule has 5 rings (SSSR count). The molecule has 0 unspecified atom stereocenters. The molecule has 37 heavy (non-hydrogen) atoms. The van der Waals surface area contributed by atoms with Gasteiger partial charge >= 0.3 is 6.09 Å². The zero-order valence-electron chi connectivity index (χ0n) is 19.7. The van der Waals surface area contributed by atoms with Gasteiger partial charge in [-0.3, -0.25) is 15.3 Å². The summed E-state index contributed by atoms with van der Waals surface area (Å²) < 4.78 is 31.7. The minimum Gasteiger partial charge on any atom is -0.495 e. The van der Waals surface area contributed by atoms with Gasteiger partial charge in [-0.1, -0.05) is 11.6 Å². The van der Waals surface area contributed by atoms with Gasteiger partial charge in [0.05, 0.1) is 40.9 Å². The smallest absolute Gasteiger partial charge is 0.411 e. The van der Waals surface area contributed by atoms with Crippen LogP contribution in [0.2, 0.25) is 5.02 Å². The van der Waals surface area contributed by atoms with Crippen molar-refractivity contribution in [2.75, 3.05) is 19.0 Å². The predicted octanol–water partition coefficient (Wildman–Crippen LogP) is 6.72. The molecule has 0 fully saturated rings. The summed E-state index contributed by atoms with van der Waals surface area (Å²) >= 11 is 7.72. The van der Waals surface area contributed by atoms with Crippen molar-refractivity contribution in [3.05, 3.63) is 71.9 Å². The van der Waals surface area contributed by atoms with Gasteiger partial charge < -0.3 is 14.2 Å². The Hall–Kier alpha value is -4.02. The highest BCUT2D eigenvalue weighted by Gasteiger charge is 2.17. The van der Waals surface area contributed by atoms with Crippen LogP contribution >= 0.6 is 22.9 Å². The van der Waals surface area contributed by atoms with Crippen molar-refractivity contribution in [1.82, 2.24) is 15.0 Å². The van der Waals surface area contributed by atoms with Crippen LogP contribution in [0.3, 0.4) is 0 Å². The highest BCUT2D eigenvalue weighted by molar-refractivity contribution is 7.21. The predicted molar refractivity (Wildman–Crippen MR) is 141 cm³/mol. The number of ether oxygens (including phenoxy) is 3. The molecule has 0 saturated carbocycles. The lowest BCUT2D eigenvalue weighted by Gasteiger charge is -2.15. The first kappa shape index (κ1) is 24.7. The molecule has 11 heteroatoms. The number of rotatable bonds is 7. The van der Waals surface area contributed by atoms with E-state index in [2.05, 4.69) is 20.3 Å². The number of halogens is 2. The summed E-state index contributed by atoms with van der Waals surface area (Å²) in [6.07, 6.45) is 3.45. The molecule has 1 N–H and O–H groups in total. The second kappa shape index (κ2) is 10.5. The van der Waals surface area contributed by atoms with Crippen molar-refractivity contribution in [2.24, 2.45) is 0 Å². The van der Waals surface area contributed by atoms with E-state index in [-0.39, 0.29) is 12.4 Å². The van der Waals surface area contributed by atoms with Crippen LogP contribution < -0.4 is 14.8 Å². The molecule has 188 valence electrons. The fourth-order valence-corrected chi connectivity index (χ4v) is 4.86. The lowest BCUT2D eigenvalue weighted by Crippen LogP contribution is -2.24. The minimum absolute atomic E-state index is 0.0327. The number of benzene rings is 2. The van der Waals surface area contributed by atoms with E-state index in [4.69, 9.17) is 25.8 Å². The molecule has 3 aromatic heterocycles. The van der Waals surface area contributed by atoms with E-state index in [0.717, 1.165) is 15.6 Å². The van der Waals surface area contributed by atoms with Crippen molar-refractivity contribution in [3.63, 3.8) is 0 Å². The fourth-order valence-electron chi connectivity index (χ4n) is 3.64. The summed E-state index contributed by atoms with van der Waals surface area (Å²) in [5, 5.41) is 4.52. The number of nitrogens with one attached hydrogen (secondary N) is 1. The van der Waals surface area contributed by atoms with Crippen molar-refractivity contribution in [1.29, 1.82) is 0 Å². The standard InChI is InChI=1S/C26H20ClFN4O4S/c1-14(13-35-26(33)31-17-4-3-5-29-11-17)36-22-10-23-21(9-20(22)28)32-25(37-23)19-8-16(27)6-15-7-18(34-2)12-30-24(15)19/h3-12,14H,13H2,1-2H3,(H,31,33)/t14-/m0/s1. The van der Waals surface area contributed by atoms with Crippen molar-refractivity contribution >= 4 is 55.8 Å². The largest absolute Gasteiger partial charge is 0.495 e. The molecule has 2 aromatic carbocycles. The summed E-state index contributed by atoms with van der Waals surface area (Å²) in [4.78, 5) is 25.0. The number of hydrogen-bond donors (Lipinski definition) is 1. The van der Waals surface area contributed by atoms with Gasteiger partial charge in [-0.15, -0.1) is 11.3 Å². The summed E-state index contributed by atoms with van der Waals surface area (Å²) in [6.45, 7) is 1.60. The van der Waals surface area contributed by atoms with E-state index in [1.54, 1.807) is 56.8 Å². The Bertz CT molecular complexity index is 1600. The van der Waals surface area contributed by atoms with Crippen LogP contribution in [-0.2, 0) is 4.74 Å². The first-order valence-electron chi connectivity index (χ1n) is 11.1. The van der Waals surface area contributed by atoms with Gasteiger partial charge in [-0.2, -0.15) is 0 Å². The molecule has 0 aliphatic rings. The van der Waals surface area contributed by atoms with Crippen molar-refractivity contribution in [2.45, 2.75) is 13.0 Å². The number of aromatic nitrogens is 3. The van der Waals surface area contributed by atoms with E-state index < -0.39 is 18.0 Å². The molecule has 0 spiro atoms. The number of fused-ring (bicyclic) bond motifs is 2. The molecular formula is C26H20ClFN4O4S. The third kappa shape index (κ3) is 5.55. The van der Waals surface area contributed by atoms with Crippen LogP contribution in [-0.4, -0.2) is 40.9 Å². The molecule has 0 aliphatic carbocycles.